The van der Waals surface area contributed by atoms with Crippen LogP contribution in [0.1, 0.15) is 5.82 Å². The molecule has 0 spiro atoms. The molecule has 0 aliphatic rings. The van der Waals surface area contributed by atoms with E-state index in [2.05, 4.69) is 24.9 Å². The largest absolute Gasteiger partial charge is 0.339 e. The highest BCUT2D eigenvalue weighted by molar-refractivity contribution is 5.77. The number of benzene rings is 1. The molecule has 0 radical (unpaired) electrons. The fraction of sp³-hybridized carbons (Fsp3) is 0.0714. The number of hydrogen-bond acceptors (Lipinski definition) is 5. The van der Waals surface area contributed by atoms with Gasteiger partial charge in [0.05, 0.1) is 17.2 Å². The number of aryl methyl sites for hydroxylation is 1. The van der Waals surface area contributed by atoms with Gasteiger partial charge in [-0.2, -0.15) is 4.98 Å². The summed E-state index contributed by atoms with van der Waals surface area (Å²) in [6.07, 6.45) is 1.38. The molecule has 0 bridgehead atoms. The van der Waals surface area contributed by atoms with Crippen LogP contribution in [0.3, 0.4) is 0 Å². The molecule has 0 fully saturated rings. The van der Waals surface area contributed by atoms with Crippen molar-refractivity contribution in [1.82, 2.24) is 29.5 Å². The molecular weight excluding hydrogens is 284 g/mol. The quantitative estimate of drug-likeness (QED) is 0.536. The van der Waals surface area contributed by atoms with Crippen LogP contribution in [-0.2, 0) is 0 Å². The molecule has 4 aromatic rings. The number of hydrogen-bond donors (Lipinski definition) is 2. The van der Waals surface area contributed by atoms with Gasteiger partial charge < -0.3 is 4.98 Å². The first-order chi connectivity index (χ1) is 10.6. The Morgan fingerprint density at radius 3 is 2.82 bits per heavy atom. The van der Waals surface area contributed by atoms with Crippen molar-refractivity contribution in [2.75, 3.05) is 0 Å². The van der Waals surface area contributed by atoms with Crippen LogP contribution in [0.5, 0.6) is 0 Å². The minimum Gasteiger partial charge on any atom is -0.339 e. The van der Waals surface area contributed by atoms with Gasteiger partial charge in [0.1, 0.15) is 5.82 Å². The number of H-pyrrole nitrogens is 2. The van der Waals surface area contributed by atoms with Gasteiger partial charge in [-0.1, -0.05) is 12.1 Å². The Bertz CT molecular complexity index is 1140. The van der Waals surface area contributed by atoms with E-state index < -0.39 is 5.56 Å². The first-order valence-corrected chi connectivity index (χ1v) is 6.57. The van der Waals surface area contributed by atoms with E-state index in [1.807, 2.05) is 6.07 Å². The lowest BCUT2D eigenvalue weighted by molar-refractivity contribution is 0.827. The summed E-state index contributed by atoms with van der Waals surface area (Å²) in [5.41, 5.74) is 0.434. The summed E-state index contributed by atoms with van der Waals surface area (Å²) in [7, 11) is 0. The molecule has 0 amide bonds. The second-order valence-electron chi connectivity index (χ2n) is 4.81. The van der Waals surface area contributed by atoms with Crippen molar-refractivity contribution in [3.05, 3.63) is 57.1 Å². The number of rotatable bonds is 1. The molecular formula is C14H10N6O2. The second-order valence-corrected chi connectivity index (χ2v) is 4.81. The second kappa shape index (κ2) is 4.35. The van der Waals surface area contributed by atoms with Crippen molar-refractivity contribution in [3.63, 3.8) is 0 Å². The molecule has 0 aliphatic carbocycles. The third-order valence-electron chi connectivity index (χ3n) is 3.44. The van der Waals surface area contributed by atoms with Crippen molar-refractivity contribution >= 4 is 22.1 Å². The maximum atomic E-state index is 12.7. The normalized spacial score (nSPS) is 11.3. The Labute approximate surface area is 122 Å². The Morgan fingerprint density at radius 2 is 1.95 bits per heavy atom. The van der Waals surface area contributed by atoms with Gasteiger partial charge in [0.2, 0.25) is 5.95 Å². The molecule has 2 N–H and O–H groups in total. The van der Waals surface area contributed by atoms with Crippen molar-refractivity contribution in [2.24, 2.45) is 0 Å². The summed E-state index contributed by atoms with van der Waals surface area (Å²) in [6, 6.07) is 7.03. The van der Waals surface area contributed by atoms with Crippen molar-refractivity contribution in [3.8, 4) is 5.95 Å². The zero-order chi connectivity index (χ0) is 15.3. The number of aromatic nitrogens is 6. The van der Waals surface area contributed by atoms with Crippen LogP contribution in [0.15, 0.2) is 40.2 Å². The Balaban J connectivity index is 2.12. The molecule has 0 atom stereocenters. The van der Waals surface area contributed by atoms with Crippen LogP contribution < -0.4 is 11.1 Å². The van der Waals surface area contributed by atoms with Gasteiger partial charge >= 0.3 is 0 Å². The van der Waals surface area contributed by atoms with E-state index in [9.17, 15) is 9.59 Å². The predicted molar refractivity (Wildman–Crippen MR) is 80.1 cm³/mol. The molecule has 22 heavy (non-hydrogen) atoms. The van der Waals surface area contributed by atoms with Crippen molar-refractivity contribution in [2.45, 2.75) is 6.92 Å². The van der Waals surface area contributed by atoms with Crippen LogP contribution in [0.25, 0.3) is 28.0 Å². The van der Waals surface area contributed by atoms with Gasteiger partial charge in [-0.15, -0.1) is 0 Å². The fourth-order valence-electron chi connectivity index (χ4n) is 2.43. The molecule has 0 unspecified atom stereocenters. The smallest absolute Gasteiger partial charge is 0.278 e. The molecule has 1 aromatic carbocycles. The van der Waals surface area contributed by atoms with E-state index in [1.165, 1.54) is 10.9 Å². The fourth-order valence-corrected chi connectivity index (χ4v) is 2.43. The predicted octanol–water partition coefficient (Wildman–Crippen LogP) is 0.654. The minimum atomic E-state index is -0.392. The van der Waals surface area contributed by atoms with Gasteiger partial charge in [-0.3, -0.25) is 14.6 Å². The van der Waals surface area contributed by atoms with Gasteiger partial charge in [0.15, 0.2) is 11.2 Å². The van der Waals surface area contributed by atoms with E-state index in [1.54, 1.807) is 25.1 Å². The highest BCUT2D eigenvalue weighted by atomic mass is 16.1. The van der Waals surface area contributed by atoms with E-state index >= 15 is 0 Å². The molecule has 108 valence electrons. The van der Waals surface area contributed by atoms with E-state index in [0.717, 1.165) is 0 Å². The standard InChI is InChI=1S/C14H10N6O2/c1-7-17-9-5-3-2-4-8(9)13(22)20(7)14-18-11-10(12(21)19-14)15-6-16-11/h2-6H,1H3,(H2,15,16,18,19,21). The molecule has 0 saturated carbocycles. The summed E-state index contributed by atoms with van der Waals surface area (Å²) in [6.45, 7) is 1.68. The SMILES string of the molecule is Cc1nc2ccccc2c(=O)n1-c1nc2nc[nH]c2c(=O)[nH]1. The molecule has 0 saturated heterocycles. The number of imidazole rings is 1. The average molecular weight is 294 g/mol. The first-order valence-electron chi connectivity index (χ1n) is 6.57. The van der Waals surface area contributed by atoms with Crippen LogP contribution in [0.2, 0.25) is 0 Å². The van der Waals surface area contributed by atoms with Gasteiger partial charge in [-0.25, -0.2) is 14.5 Å². The molecule has 4 rings (SSSR count). The summed E-state index contributed by atoms with van der Waals surface area (Å²) in [4.78, 5) is 42.5. The molecule has 8 nitrogen and oxygen atoms in total. The summed E-state index contributed by atoms with van der Waals surface area (Å²) >= 11 is 0. The highest BCUT2D eigenvalue weighted by Crippen LogP contribution is 2.10. The topological polar surface area (TPSA) is 109 Å². The number of nitrogens with zero attached hydrogens (tertiary/aromatic N) is 4. The average Bonchev–Trinajstić information content (AvgIpc) is 2.96. The van der Waals surface area contributed by atoms with E-state index in [4.69, 9.17) is 0 Å². The maximum Gasteiger partial charge on any atom is 0.278 e. The van der Waals surface area contributed by atoms with Crippen LogP contribution in [0, 0.1) is 6.92 Å². The Morgan fingerprint density at radius 1 is 1.14 bits per heavy atom. The Kier molecular flexibility index (Phi) is 2.46. The lowest BCUT2D eigenvalue weighted by Crippen LogP contribution is -2.26. The number of aromatic amines is 2. The van der Waals surface area contributed by atoms with E-state index in [-0.39, 0.29) is 22.7 Å². The summed E-state index contributed by atoms with van der Waals surface area (Å²) < 4.78 is 1.28. The molecule has 0 aliphatic heterocycles. The van der Waals surface area contributed by atoms with Crippen molar-refractivity contribution in [1.29, 1.82) is 0 Å². The minimum absolute atomic E-state index is 0.102. The highest BCUT2D eigenvalue weighted by Gasteiger charge is 2.13. The molecule has 3 heterocycles. The zero-order valence-electron chi connectivity index (χ0n) is 11.5. The summed E-state index contributed by atoms with van der Waals surface area (Å²) in [5.74, 6) is 0.534. The zero-order valence-corrected chi connectivity index (χ0v) is 11.5. The van der Waals surface area contributed by atoms with Gasteiger partial charge in [0, 0.05) is 0 Å². The number of fused-ring (bicyclic) bond motifs is 2. The summed E-state index contributed by atoms with van der Waals surface area (Å²) in [5, 5.41) is 0.456. The van der Waals surface area contributed by atoms with Gasteiger partial charge in [0.25, 0.3) is 11.1 Å². The van der Waals surface area contributed by atoms with E-state index in [0.29, 0.717) is 16.7 Å². The van der Waals surface area contributed by atoms with Crippen LogP contribution >= 0.6 is 0 Å². The lowest BCUT2D eigenvalue weighted by atomic mass is 10.2. The molecule has 3 aromatic heterocycles. The number of para-hydroxylation sites is 1. The lowest BCUT2D eigenvalue weighted by Gasteiger charge is -2.09. The third kappa shape index (κ3) is 1.67. The first kappa shape index (κ1) is 12.5. The number of nitrogens with one attached hydrogen (secondary N) is 2. The molecule has 8 heteroatoms. The van der Waals surface area contributed by atoms with Crippen LogP contribution in [0.4, 0.5) is 0 Å². The van der Waals surface area contributed by atoms with Gasteiger partial charge in [-0.05, 0) is 19.1 Å². The monoisotopic (exact) mass is 294 g/mol. The third-order valence-corrected chi connectivity index (χ3v) is 3.44. The van der Waals surface area contributed by atoms with Crippen molar-refractivity contribution < 1.29 is 0 Å². The Hall–Kier alpha value is -3.29. The maximum absolute atomic E-state index is 12.7. The van der Waals surface area contributed by atoms with Crippen LogP contribution in [-0.4, -0.2) is 29.5 Å².